The largest absolute Gasteiger partial charge is 0.463 e. The van der Waals surface area contributed by atoms with Crippen molar-refractivity contribution in [3.63, 3.8) is 0 Å². The van der Waals surface area contributed by atoms with Crippen LogP contribution in [0.5, 0.6) is 0 Å². The van der Waals surface area contributed by atoms with Gasteiger partial charge in [-0.05, 0) is 49.6 Å². The quantitative estimate of drug-likeness (QED) is 0.356. The van der Waals surface area contributed by atoms with E-state index < -0.39 is 0 Å². The number of carbonyl (C=O) groups excluding carboxylic acids is 1. The van der Waals surface area contributed by atoms with Crippen molar-refractivity contribution < 1.29 is 9.21 Å². The van der Waals surface area contributed by atoms with E-state index in [-0.39, 0.29) is 23.3 Å². The molecule has 1 amide bonds. The SMILES string of the molecule is C[C@H](CCc1ccccc1)NC(=O)c1c(N)n(/N=C\c2ccco2)c2nc3ccccc3nc12. The van der Waals surface area contributed by atoms with E-state index in [4.69, 9.17) is 20.1 Å². The van der Waals surface area contributed by atoms with Gasteiger partial charge in [0, 0.05) is 6.04 Å². The number of furan rings is 1. The number of para-hydroxylation sites is 2. The van der Waals surface area contributed by atoms with Crippen molar-refractivity contribution in [3.05, 3.63) is 89.9 Å². The summed E-state index contributed by atoms with van der Waals surface area (Å²) in [5.74, 6) is 0.413. The monoisotopic (exact) mass is 452 g/mol. The van der Waals surface area contributed by atoms with Gasteiger partial charge in [0.25, 0.3) is 5.91 Å². The summed E-state index contributed by atoms with van der Waals surface area (Å²) in [6.07, 6.45) is 4.73. The number of amides is 1. The number of rotatable bonds is 7. The van der Waals surface area contributed by atoms with Crippen LogP contribution in [0.15, 0.2) is 82.5 Å². The van der Waals surface area contributed by atoms with Gasteiger partial charge in [-0.2, -0.15) is 9.78 Å². The van der Waals surface area contributed by atoms with Crippen LogP contribution in [0.3, 0.4) is 0 Å². The van der Waals surface area contributed by atoms with Crippen LogP contribution in [0.4, 0.5) is 5.82 Å². The molecule has 5 aromatic rings. The van der Waals surface area contributed by atoms with Gasteiger partial charge in [-0.3, -0.25) is 4.79 Å². The molecule has 1 atom stereocenters. The Labute approximate surface area is 196 Å². The van der Waals surface area contributed by atoms with E-state index in [1.807, 2.05) is 49.4 Å². The summed E-state index contributed by atoms with van der Waals surface area (Å²) in [7, 11) is 0. The van der Waals surface area contributed by atoms with E-state index in [9.17, 15) is 4.79 Å². The molecule has 0 saturated heterocycles. The van der Waals surface area contributed by atoms with Crippen molar-refractivity contribution in [2.24, 2.45) is 5.10 Å². The fourth-order valence-electron chi connectivity index (χ4n) is 3.86. The van der Waals surface area contributed by atoms with Crippen molar-refractivity contribution in [1.82, 2.24) is 20.0 Å². The molecule has 3 heterocycles. The highest BCUT2D eigenvalue weighted by atomic mass is 16.3. The average molecular weight is 453 g/mol. The first-order valence-electron chi connectivity index (χ1n) is 11.1. The topological polar surface area (TPSA) is 111 Å². The van der Waals surface area contributed by atoms with Crippen LogP contribution in [0, 0.1) is 0 Å². The maximum atomic E-state index is 13.3. The second-order valence-electron chi connectivity index (χ2n) is 8.12. The molecule has 0 aliphatic rings. The molecule has 8 nitrogen and oxygen atoms in total. The van der Waals surface area contributed by atoms with Crippen molar-refractivity contribution in [2.75, 3.05) is 5.73 Å². The molecule has 170 valence electrons. The minimum Gasteiger partial charge on any atom is -0.463 e. The Kier molecular flexibility index (Phi) is 5.78. The zero-order valence-corrected chi connectivity index (χ0v) is 18.7. The van der Waals surface area contributed by atoms with Crippen LogP contribution in [0.1, 0.15) is 35.0 Å². The van der Waals surface area contributed by atoms with Gasteiger partial charge < -0.3 is 15.5 Å². The molecular formula is C26H24N6O2. The third kappa shape index (κ3) is 4.25. The summed E-state index contributed by atoms with van der Waals surface area (Å²) < 4.78 is 6.76. The van der Waals surface area contributed by atoms with Gasteiger partial charge >= 0.3 is 0 Å². The average Bonchev–Trinajstić information content (AvgIpc) is 3.46. The number of fused-ring (bicyclic) bond motifs is 2. The fourth-order valence-corrected chi connectivity index (χ4v) is 3.86. The summed E-state index contributed by atoms with van der Waals surface area (Å²) in [6, 6.07) is 21.1. The maximum Gasteiger partial charge on any atom is 0.257 e. The molecule has 0 radical (unpaired) electrons. The lowest BCUT2D eigenvalue weighted by Gasteiger charge is -2.14. The predicted molar refractivity (Wildman–Crippen MR) is 133 cm³/mol. The highest BCUT2D eigenvalue weighted by Crippen LogP contribution is 2.28. The molecule has 2 aromatic carbocycles. The maximum absolute atomic E-state index is 13.3. The van der Waals surface area contributed by atoms with E-state index in [1.54, 1.807) is 18.4 Å². The lowest BCUT2D eigenvalue weighted by molar-refractivity contribution is 0.0940. The number of hydrogen-bond donors (Lipinski definition) is 2. The minimum atomic E-state index is -0.306. The van der Waals surface area contributed by atoms with Crippen LogP contribution in [-0.4, -0.2) is 32.8 Å². The van der Waals surface area contributed by atoms with Gasteiger partial charge in [-0.1, -0.05) is 42.5 Å². The highest BCUT2D eigenvalue weighted by molar-refractivity contribution is 6.10. The lowest BCUT2D eigenvalue weighted by atomic mass is 10.1. The first-order chi connectivity index (χ1) is 16.6. The summed E-state index contributed by atoms with van der Waals surface area (Å²) in [5, 5.41) is 7.49. The number of nitrogens with one attached hydrogen (secondary N) is 1. The van der Waals surface area contributed by atoms with E-state index in [2.05, 4.69) is 22.6 Å². The zero-order valence-electron chi connectivity index (χ0n) is 18.7. The van der Waals surface area contributed by atoms with Gasteiger partial charge in [0.1, 0.15) is 22.7 Å². The number of hydrogen-bond acceptors (Lipinski definition) is 6. The van der Waals surface area contributed by atoms with Crippen molar-refractivity contribution in [3.8, 4) is 0 Å². The molecule has 3 aromatic heterocycles. The van der Waals surface area contributed by atoms with Gasteiger partial charge in [-0.15, -0.1) is 0 Å². The molecular weight excluding hydrogens is 428 g/mol. The fraction of sp³-hybridized carbons (Fsp3) is 0.154. The lowest BCUT2D eigenvalue weighted by Crippen LogP contribution is -2.33. The number of aromatic nitrogens is 3. The van der Waals surface area contributed by atoms with Crippen molar-refractivity contribution in [2.45, 2.75) is 25.8 Å². The minimum absolute atomic E-state index is 0.0643. The smallest absolute Gasteiger partial charge is 0.257 e. The van der Waals surface area contributed by atoms with E-state index >= 15 is 0 Å². The van der Waals surface area contributed by atoms with Crippen molar-refractivity contribution in [1.29, 1.82) is 0 Å². The Balaban J connectivity index is 1.49. The molecule has 34 heavy (non-hydrogen) atoms. The van der Waals surface area contributed by atoms with E-state index in [0.717, 1.165) is 12.8 Å². The number of aryl methyl sites for hydroxylation is 1. The standard InChI is InChI=1S/C26H24N6O2/c1-17(13-14-18-8-3-2-4-9-18)29-26(33)22-23-25(31-21-12-6-5-11-20(21)30-23)32(24(22)27)28-16-19-10-7-15-34-19/h2-12,15-17H,13-14,27H2,1H3,(H,29,33)/b28-16-/t17-/m1/s1. The summed E-state index contributed by atoms with van der Waals surface area (Å²) in [6.45, 7) is 1.98. The van der Waals surface area contributed by atoms with Crippen LogP contribution in [0.2, 0.25) is 0 Å². The molecule has 8 heteroatoms. The van der Waals surface area contributed by atoms with Crippen LogP contribution in [-0.2, 0) is 6.42 Å². The van der Waals surface area contributed by atoms with Gasteiger partial charge in [0.2, 0.25) is 0 Å². The van der Waals surface area contributed by atoms with Crippen LogP contribution >= 0.6 is 0 Å². The number of nitrogen functional groups attached to an aromatic ring is 1. The van der Waals surface area contributed by atoms with E-state index in [1.165, 1.54) is 16.5 Å². The Morgan fingerprint density at radius 2 is 1.82 bits per heavy atom. The predicted octanol–water partition coefficient (Wildman–Crippen LogP) is 4.39. The molecule has 0 spiro atoms. The molecule has 3 N–H and O–H groups in total. The molecule has 5 rings (SSSR count). The van der Waals surface area contributed by atoms with Crippen LogP contribution in [0.25, 0.3) is 22.2 Å². The highest BCUT2D eigenvalue weighted by Gasteiger charge is 2.25. The van der Waals surface area contributed by atoms with Gasteiger partial charge in [0.05, 0.1) is 23.5 Å². The van der Waals surface area contributed by atoms with Crippen LogP contribution < -0.4 is 11.1 Å². The molecule has 0 saturated carbocycles. The summed E-state index contributed by atoms with van der Waals surface area (Å²) in [4.78, 5) is 22.7. The first-order valence-corrected chi connectivity index (χ1v) is 11.1. The number of carbonyl (C=O) groups is 1. The first kappa shape index (κ1) is 21.4. The Morgan fingerprint density at radius 3 is 2.56 bits per heavy atom. The number of nitrogens with zero attached hydrogens (tertiary/aromatic N) is 4. The molecule has 0 bridgehead atoms. The Morgan fingerprint density at radius 1 is 1.09 bits per heavy atom. The Bertz CT molecular complexity index is 1470. The van der Waals surface area contributed by atoms with Crippen molar-refractivity contribution >= 4 is 40.1 Å². The third-order valence-electron chi connectivity index (χ3n) is 5.63. The second kappa shape index (κ2) is 9.19. The summed E-state index contributed by atoms with van der Waals surface area (Å²) >= 11 is 0. The number of nitrogens with two attached hydrogens (primary N) is 1. The summed E-state index contributed by atoms with van der Waals surface area (Å²) in [5.41, 5.74) is 10.1. The molecule has 0 aliphatic carbocycles. The second-order valence-corrected chi connectivity index (χ2v) is 8.12. The molecule has 0 fully saturated rings. The Hall–Kier alpha value is -4.46. The molecule has 0 unspecified atom stereocenters. The zero-order chi connectivity index (χ0) is 23.5. The van der Waals surface area contributed by atoms with E-state index in [0.29, 0.717) is 28.0 Å². The normalized spacial score (nSPS) is 12.5. The molecule has 0 aliphatic heterocycles. The van der Waals surface area contributed by atoms with Gasteiger partial charge in [-0.25, -0.2) is 9.97 Å². The number of anilines is 1. The number of benzene rings is 2. The third-order valence-corrected chi connectivity index (χ3v) is 5.63. The van der Waals surface area contributed by atoms with Gasteiger partial charge in [0.15, 0.2) is 5.65 Å².